The first-order valence-corrected chi connectivity index (χ1v) is 7.77. The Morgan fingerprint density at radius 1 is 1.20 bits per heavy atom. The molecule has 0 heterocycles. The van der Waals surface area contributed by atoms with E-state index in [1.54, 1.807) is 31.4 Å². The van der Waals surface area contributed by atoms with Crippen molar-refractivity contribution in [3.05, 3.63) is 41.5 Å². The topological polar surface area (TPSA) is 85.3 Å². The lowest BCUT2D eigenvalue weighted by atomic mass is 9.98. The smallest absolute Gasteiger partial charge is 0.277 e. The van der Waals surface area contributed by atoms with Crippen LogP contribution in [0.25, 0.3) is 10.8 Å². The van der Waals surface area contributed by atoms with Crippen LogP contribution in [0.3, 0.4) is 0 Å². The third-order valence-electron chi connectivity index (χ3n) is 3.56. The van der Waals surface area contributed by atoms with Gasteiger partial charge in [0, 0.05) is 25.1 Å². The Bertz CT molecular complexity index is 744. The minimum absolute atomic E-state index is 0.195. The number of nitrogens with zero attached hydrogens (tertiary/aromatic N) is 1. The second-order valence-corrected chi connectivity index (χ2v) is 5.32. The van der Waals surface area contributed by atoms with Gasteiger partial charge in [-0.25, -0.2) is 5.06 Å². The van der Waals surface area contributed by atoms with Gasteiger partial charge in [-0.1, -0.05) is 18.2 Å². The normalized spacial score (nSPS) is 10.7. The third kappa shape index (κ3) is 4.76. The van der Waals surface area contributed by atoms with Gasteiger partial charge >= 0.3 is 0 Å². The lowest BCUT2D eigenvalue weighted by molar-refractivity contribution is -0.0373. The lowest BCUT2D eigenvalue weighted by Crippen LogP contribution is -2.23. The second kappa shape index (κ2) is 9.12. The first kappa shape index (κ1) is 18.9. The highest BCUT2D eigenvalue weighted by Gasteiger charge is 2.17. The number of methoxy groups -OCH3 is 1. The number of benzene rings is 2. The van der Waals surface area contributed by atoms with E-state index in [0.29, 0.717) is 59.9 Å². The zero-order valence-corrected chi connectivity index (χ0v) is 14.2. The molecule has 2 aromatic rings. The summed E-state index contributed by atoms with van der Waals surface area (Å²) in [4.78, 5) is 23.6. The van der Waals surface area contributed by atoms with E-state index in [0.717, 1.165) is 0 Å². The highest BCUT2D eigenvalue weighted by molar-refractivity contribution is 6.12. The van der Waals surface area contributed by atoms with Crippen LogP contribution in [0.4, 0.5) is 0 Å². The van der Waals surface area contributed by atoms with Gasteiger partial charge in [0.15, 0.2) is 6.29 Å². The van der Waals surface area contributed by atoms with E-state index in [9.17, 15) is 14.8 Å². The van der Waals surface area contributed by atoms with Gasteiger partial charge in [-0.2, -0.15) is 0 Å². The fraction of sp³-hybridized carbons (Fsp3) is 0.333. The highest BCUT2D eigenvalue weighted by Crippen LogP contribution is 2.28. The Kier molecular flexibility index (Phi) is 6.88. The molecule has 0 atom stereocenters. The standard InChI is InChI=1S/C18H21NO6/c1-19(22)18(21)16-11-15(25-9-8-24-7-6-23-2)10-13-4-3-5-14(12-20)17(13)16/h3-5,10-12,22H,6-9H2,1-2H3. The van der Waals surface area contributed by atoms with E-state index in [1.807, 2.05) is 0 Å². The van der Waals surface area contributed by atoms with Crippen LogP contribution >= 0.6 is 0 Å². The number of carbonyl (C=O) groups excluding carboxylic acids is 2. The van der Waals surface area contributed by atoms with Gasteiger partial charge in [-0.05, 0) is 17.5 Å². The Hall–Kier alpha value is -2.48. The van der Waals surface area contributed by atoms with E-state index in [2.05, 4.69) is 0 Å². The maximum absolute atomic E-state index is 12.3. The molecule has 0 saturated carbocycles. The van der Waals surface area contributed by atoms with Crippen molar-refractivity contribution in [2.24, 2.45) is 0 Å². The van der Waals surface area contributed by atoms with Crippen molar-refractivity contribution in [1.82, 2.24) is 5.06 Å². The van der Waals surface area contributed by atoms with E-state index in [4.69, 9.17) is 14.2 Å². The molecule has 0 unspecified atom stereocenters. The molecule has 0 aromatic heterocycles. The zero-order chi connectivity index (χ0) is 18.2. The fourth-order valence-electron chi connectivity index (χ4n) is 2.42. The number of hydroxylamine groups is 2. The maximum atomic E-state index is 12.3. The highest BCUT2D eigenvalue weighted by atomic mass is 16.5. The number of hydrogen-bond donors (Lipinski definition) is 1. The predicted molar refractivity (Wildman–Crippen MR) is 91.4 cm³/mol. The molecule has 0 bridgehead atoms. The quantitative estimate of drug-likeness (QED) is 0.324. The van der Waals surface area contributed by atoms with Crippen molar-refractivity contribution in [2.75, 3.05) is 40.6 Å². The van der Waals surface area contributed by atoms with Crippen molar-refractivity contribution >= 4 is 23.0 Å². The molecular formula is C18H21NO6. The number of fused-ring (bicyclic) bond motifs is 1. The molecule has 2 aromatic carbocycles. The summed E-state index contributed by atoms with van der Waals surface area (Å²) >= 11 is 0. The van der Waals surface area contributed by atoms with Crippen LogP contribution in [-0.2, 0) is 9.47 Å². The summed E-state index contributed by atoms with van der Waals surface area (Å²) in [6.07, 6.45) is 0.681. The molecule has 0 aliphatic heterocycles. The fourth-order valence-corrected chi connectivity index (χ4v) is 2.42. The molecule has 0 aliphatic carbocycles. The summed E-state index contributed by atoms with van der Waals surface area (Å²) < 4.78 is 15.8. The van der Waals surface area contributed by atoms with E-state index in [1.165, 1.54) is 13.1 Å². The van der Waals surface area contributed by atoms with E-state index < -0.39 is 5.91 Å². The molecule has 1 N–H and O–H groups in total. The van der Waals surface area contributed by atoms with Crippen LogP contribution < -0.4 is 4.74 Å². The number of ether oxygens (including phenoxy) is 3. The van der Waals surface area contributed by atoms with Gasteiger partial charge in [0.05, 0.1) is 25.4 Å². The summed E-state index contributed by atoms with van der Waals surface area (Å²) in [6.45, 7) is 1.65. The van der Waals surface area contributed by atoms with Gasteiger partial charge in [0.2, 0.25) is 0 Å². The van der Waals surface area contributed by atoms with Crippen molar-refractivity contribution in [2.45, 2.75) is 0 Å². The lowest BCUT2D eigenvalue weighted by Gasteiger charge is -2.15. The molecule has 0 aliphatic rings. The molecule has 134 valence electrons. The molecule has 0 saturated heterocycles. The van der Waals surface area contributed by atoms with E-state index in [-0.39, 0.29) is 5.56 Å². The first-order chi connectivity index (χ1) is 12.1. The Labute approximate surface area is 145 Å². The van der Waals surface area contributed by atoms with Crippen LogP contribution in [0, 0.1) is 0 Å². The summed E-state index contributed by atoms with van der Waals surface area (Å²) in [5, 5.41) is 11.1. The second-order valence-electron chi connectivity index (χ2n) is 5.32. The average molecular weight is 347 g/mol. The van der Waals surface area contributed by atoms with Crippen molar-refractivity contribution < 1.29 is 29.0 Å². The average Bonchev–Trinajstić information content (AvgIpc) is 2.62. The predicted octanol–water partition coefficient (Wildman–Crippen LogP) is 2.16. The summed E-state index contributed by atoms with van der Waals surface area (Å²) in [7, 11) is 2.83. The van der Waals surface area contributed by atoms with Gasteiger partial charge < -0.3 is 14.2 Å². The molecule has 7 nitrogen and oxygen atoms in total. The minimum Gasteiger partial charge on any atom is -0.491 e. The van der Waals surface area contributed by atoms with Crippen LogP contribution in [0.15, 0.2) is 30.3 Å². The number of carbonyl (C=O) groups is 2. The maximum Gasteiger partial charge on any atom is 0.277 e. The summed E-state index contributed by atoms with van der Waals surface area (Å²) in [6, 6.07) is 8.37. The van der Waals surface area contributed by atoms with Gasteiger partial charge in [0.1, 0.15) is 12.4 Å². The number of amides is 1. The van der Waals surface area contributed by atoms with E-state index >= 15 is 0 Å². The molecule has 7 heteroatoms. The van der Waals surface area contributed by atoms with Crippen LogP contribution in [0.1, 0.15) is 20.7 Å². The van der Waals surface area contributed by atoms with Crippen molar-refractivity contribution in [3.63, 3.8) is 0 Å². The van der Waals surface area contributed by atoms with Crippen LogP contribution in [-0.4, -0.2) is 63.0 Å². The Morgan fingerprint density at radius 3 is 2.64 bits per heavy atom. The molecule has 0 radical (unpaired) electrons. The number of hydrogen-bond acceptors (Lipinski definition) is 6. The minimum atomic E-state index is -0.624. The SMILES string of the molecule is COCCOCCOc1cc(C(=O)N(C)O)c2c(C=O)cccc2c1. The largest absolute Gasteiger partial charge is 0.491 e. The zero-order valence-electron chi connectivity index (χ0n) is 14.2. The first-order valence-electron chi connectivity index (χ1n) is 7.77. The molecular weight excluding hydrogens is 326 g/mol. The Morgan fingerprint density at radius 2 is 1.96 bits per heavy atom. The van der Waals surface area contributed by atoms with Crippen LogP contribution in [0.5, 0.6) is 5.75 Å². The molecule has 1 amide bonds. The van der Waals surface area contributed by atoms with Crippen LogP contribution in [0.2, 0.25) is 0 Å². The summed E-state index contributed by atoms with van der Waals surface area (Å²) in [5.74, 6) is -0.169. The van der Waals surface area contributed by atoms with Gasteiger partial charge in [0.25, 0.3) is 5.91 Å². The van der Waals surface area contributed by atoms with Gasteiger partial charge in [-0.3, -0.25) is 14.8 Å². The number of rotatable bonds is 9. The summed E-state index contributed by atoms with van der Waals surface area (Å²) in [5.41, 5.74) is 0.567. The molecule has 0 fully saturated rings. The van der Waals surface area contributed by atoms with Gasteiger partial charge in [-0.15, -0.1) is 0 Å². The molecule has 0 spiro atoms. The van der Waals surface area contributed by atoms with Crippen molar-refractivity contribution in [3.8, 4) is 5.75 Å². The monoisotopic (exact) mass is 347 g/mol. The molecule has 25 heavy (non-hydrogen) atoms. The Balaban J connectivity index is 2.27. The number of aldehydes is 1. The molecule has 2 rings (SSSR count). The van der Waals surface area contributed by atoms with Crippen molar-refractivity contribution in [1.29, 1.82) is 0 Å². The third-order valence-corrected chi connectivity index (χ3v) is 3.56.